The van der Waals surface area contributed by atoms with Crippen LogP contribution in [0.1, 0.15) is 27.2 Å². The Balaban J connectivity index is 0.00000364. The number of nitrogens with one attached hydrogen (secondary N) is 2. The number of nitrogens with zero attached hydrogens (tertiary/aromatic N) is 2. The molecule has 2 N–H and O–H groups in total. The minimum Gasteiger partial charge on any atom is -0.356 e. The molecule has 0 aromatic heterocycles. The van der Waals surface area contributed by atoms with Gasteiger partial charge in [0.1, 0.15) is 0 Å². The Bertz CT molecular complexity index is 695. The quantitative estimate of drug-likeness (QED) is 0.256. The van der Waals surface area contributed by atoms with Crippen molar-refractivity contribution in [2.45, 2.75) is 44.2 Å². The topological polar surface area (TPSA) is 73.8 Å². The fourth-order valence-electron chi connectivity index (χ4n) is 3.20. The van der Waals surface area contributed by atoms with E-state index in [9.17, 15) is 8.42 Å². The van der Waals surface area contributed by atoms with Crippen molar-refractivity contribution < 1.29 is 8.42 Å². The Morgan fingerprint density at radius 1 is 1.26 bits per heavy atom. The van der Waals surface area contributed by atoms with Crippen LogP contribution >= 0.6 is 24.0 Å². The molecule has 1 aliphatic rings. The number of guanidine groups is 1. The van der Waals surface area contributed by atoms with Gasteiger partial charge in [-0.3, -0.25) is 9.89 Å². The monoisotopic (exact) mass is 508 g/mol. The lowest BCUT2D eigenvalue weighted by Gasteiger charge is -2.22. The highest BCUT2D eigenvalue weighted by Gasteiger charge is 2.31. The van der Waals surface area contributed by atoms with E-state index in [0.29, 0.717) is 35.9 Å². The number of rotatable bonds is 7. The lowest BCUT2D eigenvalue weighted by molar-refractivity contribution is 0.265. The van der Waals surface area contributed by atoms with E-state index in [1.54, 1.807) is 31.3 Å². The van der Waals surface area contributed by atoms with Crippen LogP contribution in [0, 0.1) is 5.92 Å². The molecule has 154 valence electrons. The minimum absolute atomic E-state index is 0. The molecule has 1 aliphatic heterocycles. The molecule has 1 aromatic rings. The molecule has 8 heteroatoms. The van der Waals surface area contributed by atoms with Crippen molar-refractivity contribution in [1.29, 1.82) is 0 Å². The number of aliphatic imine (C=N–C) groups is 1. The molecule has 1 saturated heterocycles. The molecular weight excluding hydrogens is 475 g/mol. The van der Waals surface area contributed by atoms with Crippen molar-refractivity contribution in [3.05, 3.63) is 30.3 Å². The zero-order valence-corrected chi connectivity index (χ0v) is 19.8. The standard InChI is InChI=1S/C19H32N4O2S.HI/c1-15(2)23-13-16(3)18(14-23)22-19(20-4)21-11-8-12-26(24,25)17-9-6-5-7-10-17;/h5-7,9-10,15-16,18H,8,11-14H2,1-4H3,(H2,20,21,22);1H. The van der Waals surface area contributed by atoms with E-state index in [-0.39, 0.29) is 29.7 Å². The molecule has 2 rings (SSSR count). The lowest BCUT2D eigenvalue weighted by Crippen LogP contribution is -2.47. The number of halogens is 1. The van der Waals surface area contributed by atoms with Gasteiger partial charge in [-0.2, -0.15) is 0 Å². The van der Waals surface area contributed by atoms with Gasteiger partial charge in [0.2, 0.25) is 0 Å². The van der Waals surface area contributed by atoms with Crippen LogP contribution in [-0.2, 0) is 9.84 Å². The van der Waals surface area contributed by atoms with Crippen molar-refractivity contribution in [3.63, 3.8) is 0 Å². The summed E-state index contributed by atoms with van der Waals surface area (Å²) < 4.78 is 24.6. The molecule has 0 radical (unpaired) electrons. The van der Waals surface area contributed by atoms with Crippen molar-refractivity contribution in [2.75, 3.05) is 32.4 Å². The minimum atomic E-state index is -3.22. The van der Waals surface area contributed by atoms with Crippen LogP contribution in [0.3, 0.4) is 0 Å². The molecule has 0 saturated carbocycles. The first kappa shape index (κ1) is 24.2. The first-order chi connectivity index (χ1) is 12.3. The number of hydrogen-bond acceptors (Lipinski definition) is 4. The number of likely N-dealkylation sites (tertiary alicyclic amines) is 1. The second-order valence-electron chi connectivity index (χ2n) is 7.26. The molecule has 27 heavy (non-hydrogen) atoms. The molecular formula is C19H33IN4O2S. The highest BCUT2D eigenvalue weighted by molar-refractivity contribution is 14.0. The summed E-state index contributed by atoms with van der Waals surface area (Å²) in [6.45, 7) is 9.34. The van der Waals surface area contributed by atoms with Crippen LogP contribution in [-0.4, -0.2) is 63.8 Å². The van der Waals surface area contributed by atoms with E-state index < -0.39 is 9.84 Å². The van der Waals surface area contributed by atoms with Gasteiger partial charge in [-0.15, -0.1) is 24.0 Å². The lowest BCUT2D eigenvalue weighted by atomic mass is 10.1. The molecule has 2 unspecified atom stereocenters. The summed E-state index contributed by atoms with van der Waals surface area (Å²) >= 11 is 0. The van der Waals surface area contributed by atoms with E-state index in [0.717, 1.165) is 19.0 Å². The maximum absolute atomic E-state index is 12.3. The normalized spacial score (nSPS) is 21.1. The van der Waals surface area contributed by atoms with Gasteiger partial charge in [-0.25, -0.2) is 8.42 Å². The predicted octanol–water partition coefficient (Wildman–Crippen LogP) is 2.36. The van der Waals surface area contributed by atoms with Crippen molar-refractivity contribution in [3.8, 4) is 0 Å². The van der Waals surface area contributed by atoms with Crippen LogP contribution in [0.5, 0.6) is 0 Å². The van der Waals surface area contributed by atoms with E-state index in [1.807, 2.05) is 6.07 Å². The highest BCUT2D eigenvalue weighted by atomic mass is 127. The van der Waals surface area contributed by atoms with Gasteiger partial charge >= 0.3 is 0 Å². The zero-order valence-electron chi connectivity index (χ0n) is 16.7. The van der Waals surface area contributed by atoms with Gasteiger partial charge in [0, 0.05) is 38.8 Å². The highest BCUT2D eigenvalue weighted by Crippen LogP contribution is 2.18. The molecule has 6 nitrogen and oxygen atoms in total. The third kappa shape index (κ3) is 7.23. The first-order valence-corrected chi connectivity index (χ1v) is 11.0. The molecule has 1 fully saturated rings. The number of sulfone groups is 1. The predicted molar refractivity (Wildman–Crippen MR) is 123 cm³/mol. The van der Waals surface area contributed by atoms with Crippen LogP contribution in [0.4, 0.5) is 0 Å². The molecule has 1 aromatic carbocycles. The number of benzene rings is 1. The third-order valence-electron chi connectivity index (χ3n) is 4.90. The first-order valence-electron chi connectivity index (χ1n) is 9.32. The maximum Gasteiger partial charge on any atom is 0.191 e. The van der Waals surface area contributed by atoms with Crippen LogP contribution in [0.2, 0.25) is 0 Å². The fraction of sp³-hybridized carbons (Fsp3) is 0.632. The Morgan fingerprint density at radius 3 is 2.48 bits per heavy atom. The second-order valence-corrected chi connectivity index (χ2v) is 9.37. The van der Waals surface area contributed by atoms with E-state index in [1.165, 1.54) is 0 Å². The largest absolute Gasteiger partial charge is 0.356 e. The van der Waals surface area contributed by atoms with Crippen molar-refractivity contribution in [2.24, 2.45) is 10.9 Å². The van der Waals surface area contributed by atoms with Gasteiger partial charge in [0.25, 0.3) is 0 Å². The Hall–Kier alpha value is -0.870. The molecule has 0 amide bonds. The maximum atomic E-state index is 12.3. The molecule has 0 aliphatic carbocycles. The van der Waals surface area contributed by atoms with E-state index in [2.05, 4.69) is 41.3 Å². The van der Waals surface area contributed by atoms with Crippen LogP contribution in [0.15, 0.2) is 40.2 Å². The van der Waals surface area contributed by atoms with E-state index in [4.69, 9.17) is 0 Å². The Morgan fingerprint density at radius 2 is 1.93 bits per heavy atom. The van der Waals surface area contributed by atoms with Gasteiger partial charge in [0.05, 0.1) is 10.6 Å². The molecule has 2 atom stereocenters. The summed E-state index contributed by atoms with van der Waals surface area (Å²) in [5.74, 6) is 1.42. The van der Waals surface area contributed by atoms with Crippen molar-refractivity contribution >= 4 is 39.8 Å². The summed E-state index contributed by atoms with van der Waals surface area (Å²) in [5.41, 5.74) is 0. The fourth-order valence-corrected chi connectivity index (χ4v) is 4.53. The average Bonchev–Trinajstić information content (AvgIpc) is 2.99. The summed E-state index contributed by atoms with van der Waals surface area (Å²) in [6.07, 6.45) is 0.538. The van der Waals surface area contributed by atoms with Gasteiger partial charge in [0.15, 0.2) is 15.8 Å². The van der Waals surface area contributed by atoms with Gasteiger partial charge < -0.3 is 10.6 Å². The summed E-state index contributed by atoms with van der Waals surface area (Å²) in [6, 6.07) is 9.51. The summed E-state index contributed by atoms with van der Waals surface area (Å²) in [4.78, 5) is 7.12. The third-order valence-corrected chi connectivity index (χ3v) is 6.72. The summed E-state index contributed by atoms with van der Waals surface area (Å²) in [5, 5.41) is 6.72. The Labute approximate surface area is 181 Å². The number of hydrogen-bond donors (Lipinski definition) is 2. The Kier molecular flexibility index (Phi) is 10.0. The van der Waals surface area contributed by atoms with Gasteiger partial charge in [-0.1, -0.05) is 25.1 Å². The van der Waals surface area contributed by atoms with E-state index >= 15 is 0 Å². The van der Waals surface area contributed by atoms with Crippen LogP contribution < -0.4 is 10.6 Å². The SMILES string of the molecule is CN=C(NCCCS(=O)(=O)c1ccccc1)NC1CN(C(C)C)CC1C.I. The second kappa shape index (κ2) is 11.2. The van der Waals surface area contributed by atoms with Crippen LogP contribution in [0.25, 0.3) is 0 Å². The summed E-state index contributed by atoms with van der Waals surface area (Å²) in [7, 11) is -1.47. The molecule has 0 spiro atoms. The average molecular weight is 508 g/mol. The molecule has 0 bridgehead atoms. The molecule has 1 heterocycles. The smallest absolute Gasteiger partial charge is 0.191 e. The van der Waals surface area contributed by atoms with Gasteiger partial charge in [-0.05, 0) is 38.3 Å². The van der Waals surface area contributed by atoms with Crippen molar-refractivity contribution in [1.82, 2.24) is 15.5 Å². The zero-order chi connectivity index (χ0) is 19.2.